The largest absolute Gasteiger partial charge is 0.480 e. The van der Waals surface area contributed by atoms with E-state index in [1.807, 2.05) is 0 Å². The molecule has 0 aliphatic rings. The lowest BCUT2D eigenvalue weighted by Crippen LogP contribution is -2.58. The third-order valence-electron chi connectivity index (χ3n) is 3.56. The van der Waals surface area contributed by atoms with E-state index in [4.69, 9.17) is 10.8 Å². The Hall–Kier alpha value is -2.24. The van der Waals surface area contributed by atoms with E-state index in [0.29, 0.717) is 0 Å². The van der Waals surface area contributed by atoms with Crippen LogP contribution in [0.15, 0.2) is 0 Å². The number of hydrogen-bond acceptors (Lipinski definition) is 7. The number of aliphatic hydroxyl groups excluding tert-OH is 2. The van der Waals surface area contributed by atoms with Crippen LogP contribution in [-0.4, -0.2) is 75.9 Å². The molecule has 0 aliphatic carbocycles. The molecule has 0 aromatic heterocycles. The molecule has 0 heterocycles. The van der Waals surface area contributed by atoms with Crippen LogP contribution in [0.5, 0.6) is 0 Å². The lowest BCUT2D eigenvalue weighted by atomic mass is 10.0. The van der Waals surface area contributed by atoms with E-state index in [1.165, 1.54) is 13.8 Å². The summed E-state index contributed by atoms with van der Waals surface area (Å²) in [4.78, 5) is 46.8. The third kappa shape index (κ3) is 7.76. The summed E-state index contributed by atoms with van der Waals surface area (Å²) >= 11 is 0. The Kier molecular flexibility index (Phi) is 9.76. The van der Waals surface area contributed by atoms with Crippen molar-refractivity contribution in [2.75, 3.05) is 6.54 Å². The molecular formula is C15H28N4O7. The Balaban J connectivity index is 4.81. The van der Waals surface area contributed by atoms with E-state index in [-0.39, 0.29) is 0 Å². The average molecular weight is 376 g/mol. The number of carbonyl (C=O) groups excluding carboxylic acids is 3. The highest BCUT2D eigenvalue weighted by molar-refractivity contribution is 5.92. The maximum atomic E-state index is 12.2. The van der Waals surface area contributed by atoms with Crippen molar-refractivity contribution >= 4 is 23.7 Å². The van der Waals surface area contributed by atoms with Gasteiger partial charge in [0, 0.05) is 0 Å². The number of carboxylic acids is 1. The first kappa shape index (κ1) is 23.8. The fraction of sp³-hybridized carbons (Fsp3) is 0.733. The minimum absolute atomic E-state index is 0.414. The highest BCUT2D eigenvalue weighted by atomic mass is 16.4. The average Bonchev–Trinajstić information content (AvgIpc) is 2.53. The predicted molar refractivity (Wildman–Crippen MR) is 90.7 cm³/mol. The summed E-state index contributed by atoms with van der Waals surface area (Å²) in [6.07, 6.45) is -2.42. The van der Waals surface area contributed by atoms with Gasteiger partial charge in [0.1, 0.15) is 18.1 Å². The monoisotopic (exact) mass is 376 g/mol. The van der Waals surface area contributed by atoms with E-state index in [9.17, 15) is 29.4 Å². The summed E-state index contributed by atoms with van der Waals surface area (Å²) in [5.74, 6) is -4.10. The maximum absolute atomic E-state index is 12.2. The predicted octanol–water partition coefficient (Wildman–Crippen LogP) is -3.10. The van der Waals surface area contributed by atoms with Crippen molar-refractivity contribution in [2.45, 2.75) is 58.0 Å². The van der Waals surface area contributed by atoms with E-state index >= 15 is 0 Å². The van der Waals surface area contributed by atoms with Gasteiger partial charge in [0.05, 0.1) is 18.8 Å². The van der Waals surface area contributed by atoms with Gasteiger partial charge in [-0.1, -0.05) is 13.8 Å². The summed E-state index contributed by atoms with van der Waals surface area (Å²) in [7, 11) is 0. The van der Waals surface area contributed by atoms with Gasteiger partial charge in [-0.15, -0.1) is 0 Å². The zero-order valence-corrected chi connectivity index (χ0v) is 15.2. The molecule has 8 N–H and O–H groups in total. The fourth-order valence-corrected chi connectivity index (χ4v) is 1.89. The molecule has 0 radical (unpaired) electrons. The van der Waals surface area contributed by atoms with Crippen molar-refractivity contribution < 1.29 is 34.5 Å². The van der Waals surface area contributed by atoms with E-state index in [2.05, 4.69) is 16.0 Å². The Morgan fingerprint density at radius 2 is 1.42 bits per heavy atom. The van der Waals surface area contributed by atoms with Crippen molar-refractivity contribution in [3.8, 4) is 0 Å². The van der Waals surface area contributed by atoms with E-state index in [0.717, 1.165) is 0 Å². The lowest BCUT2D eigenvalue weighted by Gasteiger charge is -2.25. The molecule has 0 fully saturated rings. The fourth-order valence-electron chi connectivity index (χ4n) is 1.89. The van der Waals surface area contributed by atoms with Gasteiger partial charge >= 0.3 is 5.97 Å². The lowest BCUT2D eigenvalue weighted by molar-refractivity contribution is -0.144. The number of rotatable bonds is 10. The SMILES string of the molecule is CC(C)C(NC(=O)C(NC(=O)CNC(=O)C(N)C(C)O)C(C)O)C(=O)O. The second-order valence-corrected chi connectivity index (χ2v) is 6.34. The van der Waals surface area contributed by atoms with Crippen LogP contribution in [0.1, 0.15) is 27.7 Å². The minimum Gasteiger partial charge on any atom is -0.480 e. The molecule has 5 atom stereocenters. The number of carbonyl (C=O) groups is 4. The molecule has 11 nitrogen and oxygen atoms in total. The molecule has 0 aromatic rings. The molecule has 0 saturated carbocycles. The van der Waals surface area contributed by atoms with Crippen LogP contribution in [0.25, 0.3) is 0 Å². The summed E-state index contributed by atoms with van der Waals surface area (Å²) in [6, 6.07) is -3.82. The molecular weight excluding hydrogens is 348 g/mol. The van der Waals surface area contributed by atoms with Gasteiger partial charge in [-0.05, 0) is 19.8 Å². The molecule has 150 valence electrons. The maximum Gasteiger partial charge on any atom is 0.326 e. The Morgan fingerprint density at radius 1 is 0.885 bits per heavy atom. The molecule has 0 rings (SSSR count). The molecule has 26 heavy (non-hydrogen) atoms. The number of nitrogens with two attached hydrogens (primary N) is 1. The van der Waals surface area contributed by atoms with Gasteiger partial charge in [0.2, 0.25) is 17.7 Å². The standard InChI is InChI=1S/C15H28N4O7/c1-6(2)11(15(25)26)19-14(24)12(8(4)21)18-9(22)5-17-13(23)10(16)7(3)20/h6-8,10-12,20-21H,5,16H2,1-4H3,(H,17,23)(H,18,22)(H,19,24)(H,25,26). The van der Waals surface area contributed by atoms with Crippen molar-refractivity contribution in [2.24, 2.45) is 11.7 Å². The van der Waals surface area contributed by atoms with Crippen LogP contribution in [0.2, 0.25) is 0 Å². The first-order chi connectivity index (χ1) is 11.9. The second-order valence-electron chi connectivity index (χ2n) is 6.34. The van der Waals surface area contributed by atoms with Crippen molar-refractivity contribution in [3.63, 3.8) is 0 Å². The Morgan fingerprint density at radius 3 is 1.81 bits per heavy atom. The van der Waals surface area contributed by atoms with Gasteiger partial charge in [-0.25, -0.2) is 4.79 Å². The Bertz CT molecular complexity index is 522. The summed E-state index contributed by atoms with van der Waals surface area (Å²) in [6.45, 7) is 5.21. The first-order valence-electron chi connectivity index (χ1n) is 8.10. The Labute approximate surface area is 151 Å². The molecule has 0 saturated heterocycles. The summed E-state index contributed by atoms with van der Waals surface area (Å²) in [5, 5.41) is 34.6. The molecule has 5 unspecified atom stereocenters. The summed E-state index contributed by atoms with van der Waals surface area (Å²) < 4.78 is 0. The quantitative estimate of drug-likeness (QED) is 0.208. The number of nitrogens with one attached hydrogen (secondary N) is 3. The third-order valence-corrected chi connectivity index (χ3v) is 3.56. The van der Waals surface area contributed by atoms with Crippen molar-refractivity contribution in [1.29, 1.82) is 0 Å². The number of aliphatic carboxylic acids is 1. The second kappa shape index (κ2) is 10.7. The van der Waals surface area contributed by atoms with Gasteiger partial charge in [0.25, 0.3) is 0 Å². The molecule has 0 bridgehead atoms. The molecule has 3 amide bonds. The van der Waals surface area contributed by atoms with Crippen LogP contribution in [0.3, 0.4) is 0 Å². The molecule has 0 aromatic carbocycles. The number of carboxylic acid groups (broad SMARTS) is 1. The number of aliphatic hydroxyl groups is 2. The summed E-state index contributed by atoms with van der Waals surface area (Å²) in [5.41, 5.74) is 5.40. The first-order valence-corrected chi connectivity index (χ1v) is 8.10. The zero-order chi connectivity index (χ0) is 20.6. The zero-order valence-electron chi connectivity index (χ0n) is 15.2. The molecule has 0 aliphatic heterocycles. The van der Waals surface area contributed by atoms with Crippen molar-refractivity contribution in [1.82, 2.24) is 16.0 Å². The smallest absolute Gasteiger partial charge is 0.326 e. The van der Waals surface area contributed by atoms with Gasteiger partial charge in [0.15, 0.2) is 0 Å². The van der Waals surface area contributed by atoms with Gasteiger partial charge in [-0.3, -0.25) is 14.4 Å². The van der Waals surface area contributed by atoms with Crippen LogP contribution >= 0.6 is 0 Å². The van der Waals surface area contributed by atoms with Gasteiger partial charge in [-0.2, -0.15) is 0 Å². The van der Waals surface area contributed by atoms with E-state index < -0.39 is 66.5 Å². The normalized spacial score (nSPS) is 16.8. The van der Waals surface area contributed by atoms with Crippen molar-refractivity contribution in [3.05, 3.63) is 0 Å². The number of hydrogen-bond donors (Lipinski definition) is 7. The minimum atomic E-state index is -1.41. The van der Waals surface area contributed by atoms with Gasteiger partial charge < -0.3 is 37.0 Å². The highest BCUT2D eigenvalue weighted by Crippen LogP contribution is 2.03. The highest BCUT2D eigenvalue weighted by Gasteiger charge is 2.31. The van der Waals surface area contributed by atoms with Crippen LogP contribution in [0.4, 0.5) is 0 Å². The van der Waals surface area contributed by atoms with Crippen LogP contribution in [-0.2, 0) is 19.2 Å². The van der Waals surface area contributed by atoms with E-state index in [1.54, 1.807) is 13.8 Å². The molecule has 0 spiro atoms. The van der Waals surface area contributed by atoms with Crippen LogP contribution < -0.4 is 21.7 Å². The topological polar surface area (TPSA) is 191 Å². The van der Waals surface area contributed by atoms with Crippen LogP contribution in [0, 0.1) is 5.92 Å². The number of amides is 3. The molecule has 11 heteroatoms.